The largest absolute Gasteiger partial charge is 0.507 e. The van der Waals surface area contributed by atoms with Crippen molar-refractivity contribution in [3.8, 4) is 11.5 Å². The van der Waals surface area contributed by atoms with Gasteiger partial charge in [0, 0.05) is 11.5 Å². The van der Waals surface area contributed by atoms with Crippen molar-refractivity contribution >= 4 is 0 Å². The van der Waals surface area contributed by atoms with Crippen LogP contribution in [0.5, 0.6) is 11.5 Å². The SMILES string of the molecule is C=C(C)C[C@@H]1C[C@H](O)C(C)=C[C@H]1c1c(O)cc(CCC)cc1O. The zero-order chi connectivity index (χ0) is 17.1. The third kappa shape index (κ3) is 3.97. The number of hydrogen-bond donors (Lipinski definition) is 3. The first-order valence-corrected chi connectivity index (χ1v) is 8.39. The number of benzene rings is 1. The van der Waals surface area contributed by atoms with Crippen LogP contribution >= 0.6 is 0 Å². The van der Waals surface area contributed by atoms with E-state index in [9.17, 15) is 15.3 Å². The van der Waals surface area contributed by atoms with Gasteiger partial charge < -0.3 is 15.3 Å². The van der Waals surface area contributed by atoms with Gasteiger partial charge in [-0.2, -0.15) is 0 Å². The highest BCUT2D eigenvalue weighted by Crippen LogP contribution is 2.46. The van der Waals surface area contributed by atoms with Gasteiger partial charge in [0.1, 0.15) is 11.5 Å². The summed E-state index contributed by atoms with van der Waals surface area (Å²) in [5.74, 6) is 0.307. The molecule has 0 aliphatic heterocycles. The molecule has 3 nitrogen and oxygen atoms in total. The Hall–Kier alpha value is -1.74. The second-order valence-corrected chi connectivity index (χ2v) is 6.91. The van der Waals surface area contributed by atoms with Crippen LogP contribution in [0.4, 0.5) is 0 Å². The average molecular weight is 316 g/mol. The van der Waals surface area contributed by atoms with E-state index in [-0.39, 0.29) is 23.3 Å². The van der Waals surface area contributed by atoms with Gasteiger partial charge in [0.2, 0.25) is 0 Å². The fraction of sp³-hybridized carbons (Fsp3) is 0.500. The maximum atomic E-state index is 10.5. The van der Waals surface area contributed by atoms with Crippen molar-refractivity contribution in [3.63, 3.8) is 0 Å². The molecule has 0 spiro atoms. The van der Waals surface area contributed by atoms with Gasteiger partial charge >= 0.3 is 0 Å². The summed E-state index contributed by atoms with van der Waals surface area (Å²) in [5, 5.41) is 31.1. The van der Waals surface area contributed by atoms with E-state index < -0.39 is 6.10 Å². The number of phenolic OH excluding ortho intramolecular Hbond substituents is 2. The number of allylic oxidation sites excluding steroid dienone is 2. The van der Waals surface area contributed by atoms with Gasteiger partial charge in [-0.05, 0) is 62.3 Å². The Morgan fingerprint density at radius 1 is 1.26 bits per heavy atom. The Morgan fingerprint density at radius 2 is 1.87 bits per heavy atom. The van der Waals surface area contributed by atoms with Crippen LogP contribution in [0.2, 0.25) is 0 Å². The summed E-state index contributed by atoms with van der Waals surface area (Å²) < 4.78 is 0. The lowest BCUT2D eigenvalue weighted by Gasteiger charge is -2.33. The molecule has 126 valence electrons. The molecular weight excluding hydrogens is 288 g/mol. The number of phenols is 2. The number of hydrogen-bond acceptors (Lipinski definition) is 3. The molecule has 0 heterocycles. The van der Waals surface area contributed by atoms with E-state index in [2.05, 4.69) is 13.5 Å². The van der Waals surface area contributed by atoms with Gasteiger partial charge in [0.15, 0.2) is 0 Å². The van der Waals surface area contributed by atoms with Crippen LogP contribution < -0.4 is 0 Å². The molecule has 3 atom stereocenters. The quantitative estimate of drug-likeness (QED) is 0.704. The smallest absolute Gasteiger partial charge is 0.123 e. The fourth-order valence-electron chi connectivity index (χ4n) is 3.58. The lowest BCUT2D eigenvalue weighted by molar-refractivity contribution is 0.158. The monoisotopic (exact) mass is 316 g/mol. The molecule has 1 aliphatic rings. The van der Waals surface area contributed by atoms with Crippen LogP contribution in [0.15, 0.2) is 35.9 Å². The van der Waals surface area contributed by atoms with E-state index in [0.717, 1.165) is 36.0 Å². The summed E-state index contributed by atoms with van der Waals surface area (Å²) in [6, 6.07) is 3.51. The number of aliphatic hydroxyl groups is 1. The number of aromatic hydroxyl groups is 2. The molecule has 0 radical (unpaired) electrons. The minimum Gasteiger partial charge on any atom is -0.507 e. The van der Waals surface area contributed by atoms with Crippen molar-refractivity contribution in [2.24, 2.45) is 5.92 Å². The molecule has 23 heavy (non-hydrogen) atoms. The van der Waals surface area contributed by atoms with Gasteiger partial charge in [-0.25, -0.2) is 0 Å². The van der Waals surface area contributed by atoms with E-state index in [4.69, 9.17) is 0 Å². The van der Waals surface area contributed by atoms with Crippen molar-refractivity contribution < 1.29 is 15.3 Å². The second-order valence-electron chi connectivity index (χ2n) is 6.91. The molecule has 0 unspecified atom stereocenters. The van der Waals surface area contributed by atoms with Crippen LogP contribution in [0.25, 0.3) is 0 Å². The normalized spacial score (nSPS) is 24.3. The molecule has 0 saturated carbocycles. The Kier molecular flexibility index (Phi) is 5.53. The highest BCUT2D eigenvalue weighted by atomic mass is 16.3. The Morgan fingerprint density at radius 3 is 2.39 bits per heavy atom. The third-order valence-electron chi connectivity index (χ3n) is 4.68. The van der Waals surface area contributed by atoms with Crippen LogP contribution in [-0.4, -0.2) is 21.4 Å². The molecule has 0 saturated heterocycles. The van der Waals surface area contributed by atoms with Crippen molar-refractivity contribution in [2.75, 3.05) is 0 Å². The lowest BCUT2D eigenvalue weighted by atomic mass is 9.73. The van der Waals surface area contributed by atoms with E-state index >= 15 is 0 Å². The molecule has 1 aromatic rings. The molecule has 3 heteroatoms. The van der Waals surface area contributed by atoms with Crippen molar-refractivity contribution in [1.82, 2.24) is 0 Å². The molecule has 0 amide bonds. The summed E-state index contributed by atoms with van der Waals surface area (Å²) in [5.41, 5.74) is 3.45. The summed E-state index contributed by atoms with van der Waals surface area (Å²) in [7, 11) is 0. The zero-order valence-electron chi connectivity index (χ0n) is 14.3. The van der Waals surface area contributed by atoms with Crippen LogP contribution in [0.3, 0.4) is 0 Å². The number of aryl methyl sites for hydroxylation is 1. The Bertz CT molecular complexity index is 592. The molecule has 0 aromatic heterocycles. The van der Waals surface area contributed by atoms with Gasteiger partial charge in [-0.1, -0.05) is 25.0 Å². The van der Waals surface area contributed by atoms with E-state index in [0.29, 0.717) is 12.0 Å². The zero-order valence-corrected chi connectivity index (χ0v) is 14.3. The summed E-state index contributed by atoms with van der Waals surface area (Å²) in [6.45, 7) is 9.91. The minimum absolute atomic E-state index is 0.106. The molecule has 0 fully saturated rings. The van der Waals surface area contributed by atoms with Crippen LogP contribution in [-0.2, 0) is 6.42 Å². The molecule has 0 bridgehead atoms. The van der Waals surface area contributed by atoms with Gasteiger partial charge in [-0.3, -0.25) is 0 Å². The maximum absolute atomic E-state index is 10.5. The van der Waals surface area contributed by atoms with Crippen molar-refractivity contribution in [3.05, 3.63) is 47.1 Å². The van der Waals surface area contributed by atoms with Gasteiger partial charge in [0.05, 0.1) is 6.10 Å². The van der Waals surface area contributed by atoms with Crippen molar-refractivity contribution in [2.45, 2.75) is 58.5 Å². The minimum atomic E-state index is -0.459. The first-order valence-electron chi connectivity index (χ1n) is 8.39. The van der Waals surface area contributed by atoms with Crippen molar-refractivity contribution in [1.29, 1.82) is 0 Å². The Balaban J connectivity index is 2.45. The van der Waals surface area contributed by atoms with E-state index in [1.165, 1.54) is 0 Å². The maximum Gasteiger partial charge on any atom is 0.123 e. The Labute approximate surface area is 139 Å². The highest BCUT2D eigenvalue weighted by Gasteiger charge is 2.32. The second kappa shape index (κ2) is 7.22. The fourth-order valence-corrected chi connectivity index (χ4v) is 3.58. The lowest BCUT2D eigenvalue weighted by Crippen LogP contribution is -2.25. The number of rotatable bonds is 5. The van der Waals surface area contributed by atoms with Crippen LogP contribution in [0, 0.1) is 5.92 Å². The predicted octanol–water partition coefficient (Wildman–Crippen LogP) is 4.43. The number of aliphatic hydroxyl groups excluding tert-OH is 1. The first kappa shape index (κ1) is 17.6. The standard InChI is InChI=1S/C20H28O3/c1-5-6-14-9-18(22)20(19(23)10-14)16-8-13(4)17(21)11-15(16)7-12(2)3/h8-10,15-17,21-23H,2,5-7,11H2,1,3-4H3/t15-,16-,17+/m1/s1. The van der Waals surface area contributed by atoms with E-state index in [1.54, 1.807) is 12.1 Å². The first-order chi connectivity index (χ1) is 10.8. The average Bonchev–Trinajstić information content (AvgIpc) is 2.43. The van der Waals surface area contributed by atoms with Gasteiger partial charge in [-0.15, -0.1) is 6.58 Å². The molecule has 2 rings (SSSR count). The summed E-state index contributed by atoms with van der Waals surface area (Å²) in [4.78, 5) is 0. The topological polar surface area (TPSA) is 60.7 Å². The van der Waals surface area contributed by atoms with E-state index in [1.807, 2.05) is 19.9 Å². The summed E-state index contributed by atoms with van der Waals surface area (Å²) >= 11 is 0. The summed E-state index contributed by atoms with van der Waals surface area (Å²) in [6.07, 6.45) is 4.70. The predicted molar refractivity (Wildman–Crippen MR) is 93.8 cm³/mol. The molecule has 1 aromatic carbocycles. The molecule has 3 N–H and O–H groups in total. The molecule has 1 aliphatic carbocycles. The third-order valence-corrected chi connectivity index (χ3v) is 4.68. The highest BCUT2D eigenvalue weighted by molar-refractivity contribution is 5.51. The molecular formula is C20H28O3. The van der Waals surface area contributed by atoms with Crippen LogP contribution in [0.1, 0.15) is 57.1 Å². The van der Waals surface area contributed by atoms with Gasteiger partial charge in [0.25, 0.3) is 0 Å².